The Hall–Kier alpha value is -0.870. The molecule has 0 aliphatic heterocycles. The highest BCUT2D eigenvalue weighted by Crippen LogP contribution is 2.26. The zero-order chi connectivity index (χ0) is 11.5. The van der Waals surface area contributed by atoms with Gasteiger partial charge in [-0.2, -0.15) is 0 Å². The predicted octanol–water partition coefficient (Wildman–Crippen LogP) is 2.02. The van der Waals surface area contributed by atoms with E-state index in [9.17, 15) is 0 Å². The summed E-state index contributed by atoms with van der Waals surface area (Å²) in [5.74, 6) is 0.788. The Labute approximate surface area is 101 Å². The molecule has 1 atom stereocenters. The van der Waals surface area contributed by atoms with E-state index in [4.69, 9.17) is 11.6 Å². The van der Waals surface area contributed by atoms with Crippen molar-refractivity contribution < 1.29 is 0 Å². The summed E-state index contributed by atoms with van der Waals surface area (Å²) in [6.07, 6.45) is 4.33. The first-order valence-electron chi connectivity index (χ1n) is 5.61. The number of aromatic nitrogens is 2. The molecule has 1 N–H and O–H groups in total. The molecule has 1 heterocycles. The van der Waals surface area contributed by atoms with Crippen molar-refractivity contribution in [2.45, 2.75) is 31.8 Å². The monoisotopic (exact) mass is 240 g/mol. The number of hydrogen-bond acceptors (Lipinski definition) is 4. The maximum absolute atomic E-state index is 5.71. The van der Waals surface area contributed by atoms with Crippen molar-refractivity contribution in [1.29, 1.82) is 0 Å². The third-order valence-electron chi connectivity index (χ3n) is 3.02. The number of nitrogens with zero attached hydrogens (tertiary/aromatic N) is 3. The van der Waals surface area contributed by atoms with E-state index in [1.807, 2.05) is 6.07 Å². The maximum atomic E-state index is 5.71. The maximum Gasteiger partial charge on any atom is 0.224 e. The topological polar surface area (TPSA) is 41.1 Å². The second-order valence-corrected chi connectivity index (χ2v) is 4.68. The standard InChI is InChI=1S/C11H17ClN4/c1-8(16(2)9-3-4-9)7-14-10-5-6-13-11(12)15-10/h5-6,8-9H,3-4,7H2,1-2H3,(H,13,14,15). The largest absolute Gasteiger partial charge is 0.368 e. The molecule has 0 bridgehead atoms. The lowest BCUT2D eigenvalue weighted by Gasteiger charge is -2.24. The normalized spacial score (nSPS) is 17.5. The fourth-order valence-corrected chi connectivity index (χ4v) is 1.82. The summed E-state index contributed by atoms with van der Waals surface area (Å²) in [7, 11) is 2.18. The molecular formula is C11H17ClN4. The van der Waals surface area contributed by atoms with Crippen molar-refractivity contribution in [2.75, 3.05) is 18.9 Å². The van der Waals surface area contributed by atoms with Gasteiger partial charge in [-0.25, -0.2) is 9.97 Å². The van der Waals surface area contributed by atoms with Gasteiger partial charge in [0, 0.05) is 24.8 Å². The van der Waals surface area contributed by atoms with Crippen molar-refractivity contribution in [3.63, 3.8) is 0 Å². The van der Waals surface area contributed by atoms with E-state index in [1.165, 1.54) is 12.8 Å². The van der Waals surface area contributed by atoms with Crippen LogP contribution in [0.1, 0.15) is 19.8 Å². The molecule has 16 heavy (non-hydrogen) atoms. The van der Waals surface area contributed by atoms with Crippen molar-refractivity contribution >= 4 is 17.4 Å². The molecule has 0 aromatic carbocycles. The Morgan fingerprint density at radius 3 is 3.00 bits per heavy atom. The van der Waals surface area contributed by atoms with Gasteiger partial charge in [0.2, 0.25) is 5.28 Å². The Bertz CT molecular complexity index is 354. The van der Waals surface area contributed by atoms with Crippen LogP contribution in [0.3, 0.4) is 0 Å². The SMILES string of the molecule is CC(CNc1ccnc(Cl)n1)N(C)C1CC1. The minimum atomic E-state index is 0.285. The molecule has 88 valence electrons. The van der Waals surface area contributed by atoms with E-state index >= 15 is 0 Å². The van der Waals surface area contributed by atoms with Gasteiger partial charge < -0.3 is 5.32 Å². The van der Waals surface area contributed by atoms with Gasteiger partial charge in [-0.3, -0.25) is 4.90 Å². The van der Waals surface area contributed by atoms with E-state index in [0.717, 1.165) is 18.4 Å². The van der Waals surface area contributed by atoms with Crippen LogP contribution in [0.25, 0.3) is 0 Å². The summed E-state index contributed by atoms with van der Waals surface area (Å²) < 4.78 is 0. The van der Waals surface area contributed by atoms with Crippen molar-refractivity contribution in [1.82, 2.24) is 14.9 Å². The lowest BCUT2D eigenvalue weighted by atomic mass is 10.3. The number of anilines is 1. The van der Waals surface area contributed by atoms with Crippen LogP contribution in [0, 0.1) is 0 Å². The van der Waals surface area contributed by atoms with Crippen molar-refractivity contribution in [3.05, 3.63) is 17.5 Å². The Morgan fingerprint density at radius 2 is 2.38 bits per heavy atom. The van der Waals surface area contributed by atoms with Crippen LogP contribution < -0.4 is 5.32 Å². The third kappa shape index (κ3) is 3.06. The van der Waals surface area contributed by atoms with Gasteiger partial charge in [0.05, 0.1) is 0 Å². The smallest absolute Gasteiger partial charge is 0.224 e. The van der Waals surface area contributed by atoms with Gasteiger partial charge in [-0.1, -0.05) is 0 Å². The van der Waals surface area contributed by atoms with E-state index in [2.05, 4.69) is 34.2 Å². The number of hydrogen-bond donors (Lipinski definition) is 1. The summed E-state index contributed by atoms with van der Waals surface area (Å²) in [4.78, 5) is 10.3. The van der Waals surface area contributed by atoms with Crippen LogP contribution in [0.2, 0.25) is 5.28 Å². The molecule has 4 nitrogen and oxygen atoms in total. The number of rotatable bonds is 5. The first-order chi connectivity index (χ1) is 7.66. The van der Waals surface area contributed by atoms with E-state index in [0.29, 0.717) is 6.04 Å². The average Bonchev–Trinajstić information content (AvgIpc) is 3.09. The highest BCUT2D eigenvalue weighted by Gasteiger charge is 2.28. The number of nitrogens with one attached hydrogen (secondary N) is 1. The molecule has 0 amide bonds. The highest BCUT2D eigenvalue weighted by atomic mass is 35.5. The summed E-state index contributed by atoms with van der Waals surface area (Å²) in [6.45, 7) is 3.09. The van der Waals surface area contributed by atoms with Crippen LogP contribution in [0.15, 0.2) is 12.3 Å². The minimum absolute atomic E-state index is 0.285. The van der Waals surface area contributed by atoms with Gasteiger partial charge in [0.15, 0.2) is 0 Å². The van der Waals surface area contributed by atoms with E-state index < -0.39 is 0 Å². The molecule has 1 aliphatic carbocycles. The minimum Gasteiger partial charge on any atom is -0.368 e. The second kappa shape index (κ2) is 4.97. The quantitative estimate of drug-likeness (QED) is 0.800. The van der Waals surface area contributed by atoms with Crippen LogP contribution in [-0.2, 0) is 0 Å². The molecule has 1 fully saturated rings. The Morgan fingerprint density at radius 1 is 1.62 bits per heavy atom. The molecule has 2 rings (SSSR count). The summed E-state index contributed by atoms with van der Waals surface area (Å²) >= 11 is 5.71. The lowest BCUT2D eigenvalue weighted by molar-refractivity contribution is 0.257. The fourth-order valence-electron chi connectivity index (χ4n) is 1.67. The molecule has 5 heteroatoms. The van der Waals surface area contributed by atoms with Crippen molar-refractivity contribution in [2.24, 2.45) is 0 Å². The zero-order valence-electron chi connectivity index (χ0n) is 9.65. The van der Waals surface area contributed by atoms with Gasteiger partial charge in [-0.15, -0.1) is 0 Å². The Balaban J connectivity index is 1.82. The first-order valence-corrected chi connectivity index (χ1v) is 5.99. The van der Waals surface area contributed by atoms with E-state index in [-0.39, 0.29) is 5.28 Å². The zero-order valence-corrected chi connectivity index (χ0v) is 10.4. The number of likely N-dealkylation sites (N-methyl/N-ethyl adjacent to an activating group) is 1. The molecule has 0 saturated heterocycles. The number of halogens is 1. The molecule has 0 spiro atoms. The van der Waals surface area contributed by atoms with Gasteiger partial charge in [-0.05, 0) is 44.5 Å². The van der Waals surface area contributed by atoms with Crippen LogP contribution >= 0.6 is 11.6 Å². The fraction of sp³-hybridized carbons (Fsp3) is 0.636. The van der Waals surface area contributed by atoms with Gasteiger partial charge in [0.1, 0.15) is 5.82 Å². The Kier molecular flexibility index (Phi) is 3.61. The molecule has 1 aromatic heterocycles. The van der Waals surface area contributed by atoms with Crippen LogP contribution in [0.4, 0.5) is 5.82 Å². The lowest BCUT2D eigenvalue weighted by Crippen LogP contribution is -2.36. The van der Waals surface area contributed by atoms with E-state index in [1.54, 1.807) is 6.20 Å². The second-order valence-electron chi connectivity index (χ2n) is 4.34. The molecule has 1 unspecified atom stereocenters. The molecular weight excluding hydrogens is 224 g/mol. The van der Waals surface area contributed by atoms with Crippen LogP contribution in [-0.4, -0.2) is 40.5 Å². The summed E-state index contributed by atoms with van der Waals surface area (Å²) in [5.41, 5.74) is 0. The van der Waals surface area contributed by atoms with Crippen molar-refractivity contribution in [3.8, 4) is 0 Å². The molecule has 1 aliphatic rings. The van der Waals surface area contributed by atoms with Gasteiger partial charge in [0.25, 0.3) is 0 Å². The predicted molar refractivity (Wildman–Crippen MR) is 65.8 cm³/mol. The molecule has 1 aromatic rings. The molecule has 1 saturated carbocycles. The van der Waals surface area contributed by atoms with Gasteiger partial charge >= 0.3 is 0 Å². The summed E-state index contributed by atoms with van der Waals surface area (Å²) in [5, 5.41) is 3.56. The molecule has 0 radical (unpaired) electrons. The van der Waals surface area contributed by atoms with Crippen LogP contribution in [0.5, 0.6) is 0 Å². The highest BCUT2D eigenvalue weighted by molar-refractivity contribution is 6.28. The average molecular weight is 241 g/mol. The third-order valence-corrected chi connectivity index (χ3v) is 3.20. The summed E-state index contributed by atoms with van der Waals surface area (Å²) in [6, 6.07) is 3.11. The first kappa shape index (κ1) is 11.6.